The molecule has 158 valence electrons. The van der Waals surface area contributed by atoms with Gasteiger partial charge in [-0.15, -0.1) is 0 Å². The fourth-order valence-electron chi connectivity index (χ4n) is 4.20. The van der Waals surface area contributed by atoms with Crippen LogP contribution in [0.2, 0.25) is 0 Å². The minimum absolute atomic E-state index is 0.254. The van der Waals surface area contributed by atoms with Crippen molar-refractivity contribution in [1.29, 1.82) is 0 Å². The molecule has 1 N–H and O–H groups in total. The molecule has 2 aromatic rings. The van der Waals surface area contributed by atoms with E-state index in [1.54, 1.807) is 0 Å². The second kappa shape index (κ2) is 8.07. The van der Waals surface area contributed by atoms with Gasteiger partial charge in [-0.25, -0.2) is 9.37 Å². The first-order valence-corrected chi connectivity index (χ1v) is 10.2. The Balaban J connectivity index is 1.68. The van der Waals surface area contributed by atoms with Crippen LogP contribution in [-0.2, 0) is 12.7 Å². The molecule has 0 aliphatic carbocycles. The molecule has 0 bridgehead atoms. The smallest absolute Gasteiger partial charge is 0.333 e. The van der Waals surface area contributed by atoms with Gasteiger partial charge in [0, 0.05) is 30.8 Å². The highest BCUT2D eigenvalue weighted by Crippen LogP contribution is 2.36. The molecule has 1 aromatic heterocycles. The van der Waals surface area contributed by atoms with Crippen molar-refractivity contribution in [2.24, 2.45) is 5.92 Å². The fourth-order valence-corrected chi connectivity index (χ4v) is 4.20. The molecule has 2 aliphatic rings. The molecule has 4 nitrogen and oxygen atoms in total. The number of nitrogens with one attached hydrogen (secondary N) is 1. The normalized spacial score (nSPS) is 23.2. The Morgan fingerprint density at radius 2 is 2.00 bits per heavy atom. The summed E-state index contributed by atoms with van der Waals surface area (Å²) in [6, 6.07) is 3.12. The Labute approximate surface area is 167 Å². The summed E-state index contributed by atoms with van der Waals surface area (Å²) < 4.78 is 55.2. The summed E-state index contributed by atoms with van der Waals surface area (Å²) in [6.45, 7) is 7.81. The Morgan fingerprint density at radius 1 is 1.21 bits per heavy atom. The SMILES string of the molecule is CC1CNCCC1c1nc(-c2ccc(F)c(C(F)(F)F)c2)cn1CCN1CCC1. The topological polar surface area (TPSA) is 33.1 Å². The van der Waals surface area contributed by atoms with Gasteiger partial charge in [0.1, 0.15) is 11.6 Å². The number of nitrogens with zero attached hydrogens (tertiary/aromatic N) is 3. The lowest BCUT2D eigenvalue weighted by atomic mass is 9.87. The molecule has 2 saturated heterocycles. The van der Waals surface area contributed by atoms with Crippen LogP contribution in [0.25, 0.3) is 11.3 Å². The summed E-state index contributed by atoms with van der Waals surface area (Å²) in [6.07, 6.45) is -0.745. The van der Waals surface area contributed by atoms with Crippen LogP contribution < -0.4 is 5.32 Å². The first-order chi connectivity index (χ1) is 13.8. The van der Waals surface area contributed by atoms with E-state index in [9.17, 15) is 17.6 Å². The molecule has 29 heavy (non-hydrogen) atoms. The average molecular weight is 410 g/mol. The number of likely N-dealkylation sites (tertiary alicyclic amines) is 1. The number of aromatic nitrogens is 2. The first kappa shape index (κ1) is 20.3. The summed E-state index contributed by atoms with van der Waals surface area (Å²) in [5.41, 5.74) is -0.481. The maximum absolute atomic E-state index is 13.7. The summed E-state index contributed by atoms with van der Waals surface area (Å²) in [5, 5.41) is 3.38. The van der Waals surface area contributed by atoms with Crippen molar-refractivity contribution in [3.8, 4) is 11.3 Å². The lowest BCUT2D eigenvalue weighted by Gasteiger charge is -2.32. The molecule has 2 aliphatic heterocycles. The van der Waals surface area contributed by atoms with Crippen LogP contribution in [0.1, 0.15) is 37.1 Å². The highest BCUT2D eigenvalue weighted by molar-refractivity contribution is 5.60. The number of halogens is 4. The number of alkyl halides is 3. The van der Waals surface area contributed by atoms with Crippen LogP contribution in [0.5, 0.6) is 0 Å². The lowest BCUT2D eigenvalue weighted by molar-refractivity contribution is -0.139. The zero-order valence-electron chi connectivity index (χ0n) is 16.5. The Hall–Kier alpha value is -1.93. The van der Waals surface area contributed by atoms with Gasteiger partial charge in [0.2, 0.25) is 0 Å². The van der Waals surface area contributed by atoms with E-state index in [4.69, 9.17) is 4.98 Å². The van der Waals surface area contributed by atoms with Crippen molar-refractivity contribution in [2.45, 2.75) is 38.4 Å². The highest BCUT2D eigenvalue weighted by Gasteiger charge is 2.35. The van der Waals surface area contributed by atoms with Crippen molar-refractivity contribution in [3.63, 3.8) is 0 Å². The predicted molar refractivity (Wildman–Crippen MR) is 103 cm³/mol. The summed E-state index contributed by atoms with van der Waals surface area (Å²) in [5.74, 6) is 0.308. The molecule has 8 heteroatoms. The lowest BCUT2D eigenvalue weighted by Crippen LogP contribution is -2.39. The molecule has 0 spiro atoms. The van der Waals surface area contributed by atoms with Gasteiger partial charge >= 0.3 is 6.18 Å². The van der Waals surface area contributed by atoms with Crippen molar-refractivity contribution >= 4 is 0 Å². The first-order valence-electron chi connectivity index (χ1n) is 10.2. The van der Waals surface area contributed by atoms with E-state index in [0.717, 1.165) is 63.6 Å². The number of piperidine rings is 1. The van der Waals surface area contributed by atoms with Gasteiger partial charge in [-0.3, -0.25) is 0 Å². The van der Waals surface area contributed by atoms with Crippen LogP contribution in [0.15, 0.2) is 24.4 Å². The second-order valence-electron chi connectivity index (χ2n) is 8.14. The maximum atomic E-state index is 13.7. The quantitative estimate of drug-likeness (QED) is 0.753. The summed E-state index contributed by atoms with van der Waals surface area (Å²) in [4.78, 5) is 7.11. The van der Waals surface area contributed by atoms with E-state index in [0.29, 0.717) is 17.2 Å². The van der Waals surface area contributed by atoms with Gasteiger partial charge in [-0.1, -0.05) is 6.92 Å². The summed E-state index contributed by atoms with van der Waals surface area (Å²) >= 11 is 0. The van der Waals surface area contributed by atoms with E-state index >= 15 is 0 Å². The highest BCUT2D eigenvalue weighted by atomic mass is 19.4. The molecular weight excluding hydrogens is 384 g/mol. The van der Waals surface area contributed by atoms with Crippen LogP contribution in [-0.4, -0.2) is 47.2 Å². The zero-order chi connectivity index (χ0) is 20.6. The number of imidazole rings is 1. The molecule has 2 fully saturated rings. The minimum atomic E-state index is -4.73. The van der Waals surface area contributed by atoms with Gasteiger partial charge in [0.25, 0.3) is 0 Å². The molecule has 0 amide bonds. The molecule has 3 heterocycles. The largest absolute Gasteiger partial charge is 0.419 e. The Bertz CT molecular complexity index is 857. The number of benzene rings is 1. The third-order valence-electron chi connectivity index (χ3n) is 6.10. The van der Waals surface area contributed by atoms with Crippen LogP contribution in [0, 0.1) is 11.7 Å². The summed E-state index contributed by atoms with van der Waals surface area (Å²) in [7, 11) is 0. The van der Waals surface area contributed by atoms with Gasteiger partial charge < -0.3 is 14.8 Å². The van der Waals surface area contributed by atoms with Crippen molar-refractivity contribution < 1.29 is 17.6 Å². The van der Waals surface area contributed by atoms with Crippen molar-refractivity contribution in [2.75, 3.05) is 32.7 Å². The van der Waals surface area contributed by atoms with E-state index < -0.39 is 17.6 Å². The van der Waals surface area contributed by atoms with Gasteiger partial charge in [-0.05, 0) is 63.1 Å². The molecule has 0 radical (unpaired) electrons. The van der Waals surface area contributed by atoms with E-state index in [2.05, 4.69) is 21.7 Å². The third-order valence-corrected chi connectivity index (χ3v) is 6.10. The van der Waals surface area contributed by atoms with Crippen LogP contribution in [0.4, 0.5) is 17.6 Å². The third kappa shape index (κ3) is 4.33. The van der Waals surface area contributed by atoms with Crippen LogP contribution >= 0.6 is 0 Å². The fraction of sp³-hybridized carbons (Fsp3) is 0.571. The number of rotatable bonds is 5. The van der Waals surface area contributed by atoms with Crippen molar-refractivity contribution in [1.82, 2.24) is 19.8 Å². The second-order valence-corrected chi connectivity index (χ2v) is 8.14. The molecule has 2 unspecified atom stereocenters. The van der Waals surface area contributed by atoms with Gasteiger partial charge in [0.15, 0.2) is 0 Å². The monoisotopic (exact) mass is 410 g/mol. The molecular formula is C21H26F4N4. The molecule has 4 rings (SSSR count). The van der Waals surface area contributed by atoms with Gasteiger partial charge in [-0.2, -0.15) is 13.2 Å². The van der Waals surface area contributed by atoms with Gasteiger partial charge in [0.05, 0.1) is 11.3 Å². The molecule has 1 aromatic carbocycles. The standard InChI is InChI=1S/C21H26F4N4/c1-14-12-26-6-5-16(14)20-27-19(13-29(20)10-9-28-7-2-8-28)15-3-4-18(22)17(11-15)21(23,24)25/h3-4,11,13-14,16,26H,2,5-10,12H2,1H3. The zero-order valence-corrected chi connectivity index (χ0v) is 16.5. The van der Waals surface area contributed by atoms with Crippen LogP contribution in [0.3, 0.4) is 0 Å². The minimum Gasteiger partial charge on any atom is -0.333 e. The predicted octanol–water partition coefficient (Wildman–Crippen LogP) is 4.13. The number of hydrogen-bond acceptors (Lipinski definition) is 3. The Morgan fingerprint density at radius 3 is 2.66 bits per heavy atom. The Kier molecular flexibility index (Phi) is 5.66. The number of hydrogen-bond donors (Lipinski definition) is 1. The molecule has 2 atom stereocenters. The molecule has 0 saturated carbocycles. The average Bonchev–Trinajstić information content (AvgIpc) is 3.04. The van der Waals surface area contributed by atoms with E-state index in [1.807, 2.05) is 6.20 Å². The van der Waals surface area contributed by atoms with Crippen molar-refractivity contribution in [3.05, 3.63) is 41.6 Å². The maximum Gasteiger partial charge on any atom is 0.419 e. The van der Waals surface area contributed by atoms with E-state index in [-0.39, 0.29) is 5.92 Å². The van der Waals surface area contributed by atoms with E-state index in [1.165, 1.54) is 12.5 Å².